The molecule has 0 radical (unpaired) electrons. The van der Waals surface area contributed by atoms with E-state index < -0.39 is 5.91 Å². The second kappa shape index (κ2) is 8.77. The van der Waals surface area contributed by atoms with Crippen LogP contribution in [0.15, 0.2) is 42.5 Å². The number of nitrogens with two attached hydrogens (primary N) is 1. The minimum absolute atomic E-state index is 0.112. The smallest absolute Gasteiger partial charge is 0.227 e. The molecule has 6 nitrogen and oxygen atoms in total. The van der Waals surface area contributed by atoms with Gasteiger partial charge < -0.3 is 20.1 Å². The quantitative estimate of drug-likeness (QED) is 0.790. The second-order valence-corrected chi connectivity index (χ2v) is 6.70. The minimum Gasteiger partial charge on any atom is -0.486 e. The van der Waals surface area contributed by atoms with Gasteiger partial charge in [-0.25, -0.2) is 0 Å². The van der Waals surface area contributed by atoms with Gasteiger partial charge >= 0.3 is 0 Å². The lowest BCUT2D eigenvalue weighted by molar-refractivity contribution is -0.131. The maximum atomic E-state index is 12.9. The molecular weight excluding hydrogens is 368 g/mol. The van der Waals surface area contributed by atoms with E-state index in [9.17, 15) is 9.59 Å². The summed E-state index contributed by atoms with van der Waals surface area (Å²) in [5.74, 6) is 0.494. The van der Waals surface area contributed by atoms with Gasteiger partial charge in [0.05, 0.1) is 11.4 Å². The van der Waals surface area contributed by atoms with Crippen LogP contribution in [0.5, 0.6) is 11.5 Å². The molecule has 0 aliphatic carbocycles. The minimum atomic E-state index is -0.441. The van der Waals surface area contributed by atoms with Crippen molar-refractivity contribution in [3.05, 3.63) is 58.6 Å². The van der Waals surface area contributed by atoms with Crippen LogP contribution in [0.4, 0.5) is 0 Å². The summed E-state index contributed by atoms with van der Waals surface area (Å²) in [6, 6.07) is 13.1. The van der Waals surface area contributed by atoms with Crippen molar-refractivity contribution in [2.24, 2.45) is 5.73 Å². The Morgan fingerprint density at radius 3 is 2.56 bits per heavy atom. The molecule has 2 aromatic rings. The van der Waals surface area contributed by atoms with E-state index in [2.05, 4.69) is 0 Å². The van der Waals surface area contributed by atoms with E-state index in [0.717, 1.165) is 11.1 Å². The number of ether oxygens (including phenoxy) is 2. The number of amides is 2. The van der Waals surface area contributed by atoms with Gasteiger partial charge in [-0.2, -0.15) is 0 Å². The van der Waals surface area contributed by atoms with E-state index in [1.165, 1.54) is 0 Å². The lowest BCUT2D eigenvalue weighted by Crippen LogP contribution is -2.34. The predicted octanol–water partition coefficient (Wildman–Crippen LogP) is 2.56. The highest BCUT2D eigenvalue weighted by Gasteiger charge is 2.20. The molecule has 0 unspecified atom stereocenters. The van der Waals surface area contributed by atoms with Crippen LogP contribution in [0, 0.1) is 0 Å². The highest BCUT2D eigenvalue weighted by Crippen LogP contribution is 2.38. The molecule has 27 heavy (non-hydrogen) atoms. The molecule has 1 heterocycles. The average molecular weight is 389 g/mol. The molecule has 0 aromatic heterocycles. The Balaban J connectivity index is 1.75. The Hall–Kier alpha value is -2.73. The molecule has 0 spiro atoms. The average Bonchev–Trinajstić information content (AvgIpc) is 2.65. The van der Waals surface area contributed by atoms with Crippen LogP contribution in [-0.4, -0.2) is 36.5 Å². The monoisotopic (exact) mass is 388 g/mol. The van der Waals surface area contributed by atoms with Crippen molar-refractivity contribution in [3.8, 4) is 11.5 Å². The Labute approximate surface area is 162 Å². The largest absolute Gasteiger partial charge is 0.486 e. The molecule has 0 atom stereocenters. The fraction of sp³-hybridized carbons (Fsp3) is 0.300. The zero-order chi connectivity index (χ0) is 19.2. The van der Waals surface area contributed by atoms with Crippen molar-refractivity contribution in [1.82, 2.24) is 4.90 Å². The highest BCUT2D eigenvalue weighted by molar-refractivity contribution is 6.32. The van der Waals surface area contributed by atoms with Crippen LogP contribution in [-0.2, 0) is 22.6 Å². The van der Waals surface area contributed by atoms with Crippen LogP contribution >= 0.6 is 11.6 Å². The molecule has 2 amide bonds. The molecule has 0 saturated heterocycles. The van der Waals surface area contributed by atoms with E-state index in [1.807, 2.05) is 30.3 Å². The molecule has 7 heteroatoms. The molecular formula is C20H21ClN2O4. The number of hydrogen-bond acceptors (Lipinski definition) is 4. The number of halogens is 1. The van der Waals surface area contributed by atoms with Gasteiger partial charge in [0.2, 0.25) is 11.8 Å². The zero-order valence-corrected chi connectivity index (χ0v) is 15.6. The maximum Gasteiger partial charge on any atom is 0.227 e. The van der Waals surface area contributed by atoms with Crippen molar-refractivity contribution < 1.29 is 19.1 Å². The van der Waals surface area contributed by atoms with E-state index in [1.54, 1.807) is 17.0 Å². The van der Waals surface area contributed by atoms with Gasteiger partial charge in [-0.05, 0) is 23.3 Å². The topological polar surface area (TPSA) is 81.9 Å². The highest BCUT2D eigenvalue weighted by atomic mass is 35.5. The van der Waals surface area contributed by atoms with Gasteiger partial charge in [-0.3, -0.25) is 9.59 Å². The van der Waals surface area contributed by atoms with E-state index >= 15 is 0 Å². The van der Waals surface area contributed by atoms with Crippen molar-refractivity contribution in [3.63, 3.8) is 0 Å². The number of rotatable bonds is 7. The molecule has 0 saturated carbocycles. The fourth-order valence-electron chi connectivity index (χ4n) is 2.89. The summed E-state index contributed by atoms with van der Waals surface area (Å²) in [5, 5.41) is 0.418. The molecule has 1 aliphatic heterocycles. The number of benzene rings is 2. The summed E-state index contributed by atoms with van der Waals surface area (Å²) < 4.78 is 11.1. The summed E-state index contributed by atoms with van der Waals surface area (Å²) in [5.41, 5.74) is 6.97. The Morgan fingerprint density at radius 1 is 1.07 bits per heavy atom. The summed E-state index contributed by atoms with van der Waals surface area (Å²) in [6.07, 6.45) is 0.252. The second-order valence-electron chi connectivity index (χ2n) is 6.30. The molecule has 142 valence electrons. The third-order valence-corrected chi connectivity index (χ3v) is 4.49. The van der Waals surface area contributed by atoms with Crippen LogP contribution in [0.3, 0.4) is 0 Å². The third kappa shape index (κ3) is 5.14. The molecule has 2 N–H and O–H groups in total. The number of hydrogen-bond donors (Lipinski definition) is 1. The van der Waals surface area contributed by atoms with Crippen molar-refractivity contribution in [1.29, 1.82) is 0 Å². The van der Waals surface area contributed by atoms with Crippen LogP contribution < -0.4 is 15.2 Å². The van der Waals surface area contributed by atoms with Crippen molar-refractivity contribution >= 4 is 23.4 Å². The number of nitrogens with zero attached hydrogens (tertiary/aromatic N) is 1. The van der Waals surface area contributed by atoms with Crippen molar-refractivity contribution in [2.45, 2.75) is 19.4 Å². The van der Waals surface area contributed by atoms with Gasteiger partial charge in [0, 0.05) is 19.5 Å². The molecule has 2 aromatic carbocycles. The lowest BCUT2D eigenvalue weighted by Gasteiger charge is -2.24. The summed E-state index contributed by atoms with van der Waals surface area (Å²) in [7, 11) is 0. The molecule has 0 fully saturated rings. The Morgan fingerprint density at radius 2 is 1.81 bits per heavy atom. The number of primary amides is 1. The summed E-state index contributed by atoms with van der Waals surface area (Å²) >= 11 is 6.25. The van der Waals surface area contributed by atoms with Crippen LogP contribution in [0.25, 0.3) is 0 Å². The third-order valence-electron chi connectivity index (χ3n) is 4.21. The number of carbonyl (C=O) groups excluding carboxylic acids is 2. The van der Waals surface area contributed by atoms with E-state index in [-0.39, 0.29) is 25.3 Å². The van der Waals surface area contributed by atoms with Gasteiger partial charge in [0.25, 0.3) is 0 Å². The first kappa shape index (κ1) is 19.0. The first-order valence-electron chi connectivity index (χ1n) is 8.71. The molecule has 0 bridgehead atoms. The Kier molecular flexibility index (Phi) is 6.19. The van der Waals surface area contributed by atoms with E-state index in [4.69, 9.17) is 26.8 Å². The summed E-state index contributed by atoms with van der Waals surface area (Å²) in [6.45, 7) is 1.56. The van der Waals surface area contributed by atoms with Crippen LogP contribution in [0.2, 0.25) is 5.02 Å². The fourth-order valence-corrected chi connectivity index (χ4v) is 3.18. The van der Waals surface area contributed by atoms with Gasteiger partial charge in [-0.15, -0.1) is 0 Å². The van der Waals surface area contributed by atoms with Crippen LogP contribution in [0.1, 0.15) is 17.5 Å². The summed E-state index contributed by atoms with van der Waals surface area (Å²) in [4.78, 5) is 25.7. The van der Waals surface area contributed by atoms with E-state index in [0.29, 0.717) is 36.3 Å². The molecule has 3 rings (SSSR count). The van der Waals surface area contributed by atoms with Crippen molar-refractivity contribution in [2.75, 3.05) is 19.8 Å². The molecule has 1 aliphatic rings. The van der Waals surface area contributed by atoms with Gasteiger partial charge in [0.1, 0.15) is 13.2 Å². The Bertz CT molecular complexity index is 826. The van der Waals surface area contributed by atoms with Gasteiger partial charge in [0.15, 0.2) is 11.5 Å². The maximum absolute atomic E-state index is 12.9. The SMILES string of the molecule is NC(=O)CCN(Cc1ccccc1)C(=O)Cc1cc(Cl)c2c(c1)OCCO2. The number of carbonyl (C=O) groups is 2. The first-order valence-corrected chi connectivity index (χ1v) is 9.09. The normalized spacial score (nSPS) is 12.5. The zero-order valence-electron chi connectivity index (χ0n) is 14.8. The predicted molar refractivity (Wildman–Crippen MR) is 102 cm³/mol. The number of fused-ring (bicyclic) bond motifs is 1. The lowest BCUT2D eigenvalue weighted by atomic mass is 10.1. The first-order chi connectivity index (χ1) is 13.0. The van der Waals surface area contributed by atoms with Gasteiger partial charge in [-0.1, -0.05) is 41.9 Å². The standard InChI is InChI=1S/C20H21ClN2O4/c21-16-10-15(11-17-20(16)27-9-8-26-17)12-19(25)23(7-6-18(22)24)13-14-4-2-1-3-5-14/h1-5,10-11H,6-9,12-13H2,(H2,22,24).